The largest absolute Gasteiger partial charge is 0.504 e. The van der Waals surface area contributed by atoms with E-state index in [2.05, 4.69) is 0 Å². The fourth-order valence-electron chi connectivity index (χ4n) is 0.608. The van der Waals surface area contributed by atoms with Crippen LogP contribution in [0.3, 0.4) is 0 Å². The number of ether oxygens (including phenoxy) is 1. The third kappa shape index (κ3) is 2.40. The first-order valence-electron chi connectivity index (χ1n) is 3.33. The molecule has 0 radical (unpaired) electrons. The summed E-state index contributed by atoms with van der Waals surface area (Å²) in [6.07, 6.45) is 0. The monoisotopic (exact) mass is 173 g/mol. The molecule has 0 aliphatic heterocycles. The highest BCUT2D eigenvalue weighted by atomic mass is 32.1. The Kier molecular flexibility index (Phi) is 2.73. The molecule has 3 N–H and O–H groups in total. The molecule has 0 aliphatic rings. The lowest BCUT2D eigenvalue weighted by molar-refractivity contribution is 0.283. The van der Waals surface area contributed by atoms with Gasteiger partial charge in [0.1, 0.15) is 6.61 Å². The van der Waals surface area contributed by atoms with E-state index in [-0.39, 0.29) is 11.8 Å². The quantitative estimate of drug-likeness (QED) is 0.721. The normalized spacial score (nSPS) is 12.9. The third-order valence-electron chi connectivity index (χ3n) is 1.11. The molecule has 11 heavy (non-hydrogen) atoms. The zero-order valence-corrected chi connectivity index (χ0v) is 7.10. The molecular weight excluding hydrogens is 162 g/mol. The summed E-state index contributed by atoms with van der Waals surface area (Å²) < 4.78 is 5.17. The first kappa shape index (κ1) is 8.36. The van der Waals surface area contributed by atoms with Crippen LogP contribution in [-0.2, 0) is 0 Å². The number of thiophene rings is 1. The summed E-state index contributed by atoms with van der Waals surface area (Å²) in [6.45, 7) is 2.29. The number of rotatable bonds is 3. The van der Waals surface area contributed by atoms with Gasteiger partial charge in [0, 0.05) is 16.8 Å². The average molecular weight is 173 g/mol. The fourth-order valence-corrected chi connectivity index (χ4v) is 1.23. The molecule has 62 valence electrons. The molecule has 0 bridgehead atoms. The number of nitrogens with two attached hydrogens (primary N) is 1. The van der Waals surface area contributed by atoms with E-state index in [1.54, 1.807) is 10.8 Å². The molecule has 4 heteroatoms. The second-order valence-corrected chi connectivity index (χ2v) is 3.15. The smallest absolute Gasteiger partial charge is 0.171 e. The van der Waals surface area contributed by atoms with Gasteiger partial charge in [0.2, 0.25) is 0 Å². The Morgan fingerprint density at radius 2 is 2.45 bits per heavy atom. The zero-order chi connectivity index (χ0) is 8.27. The Bertz CT molecular complexity index is 222. The summed E-state index contributed by atoms with van der Waals surface area (Å²) in [5.41, 5.74) is 5.46. The predicted molar refractivity (Wildman–Crippen MR) is 45.1 cm³/mol. The van der Waals surface area contributed by atoms with Gasteiger partial charge in [-0.05, 0) is 6.92 Å². The Morgan fingerprint density at radius 1 is 1.73 bits per heavy atom. The van der Waals surface area contributed by atoms with Crippen molar-refractivity contribution in [3.63, 3.8) is 0 Å². The average Bonchev–Trinajstić information content (AvgIpc) is 2.31. The van der Waals surface area contributed by atoms with Gasteiger partial charge in [0.15, 0.2) is 11.5 Å². The standard InChI is InChI=1S/C7H11NO2S/c1-5(8)2-10-7-4-11-3-6(7)9/h3-5,9H,2,8H2,1H3. The topological polar surface area (TPSA) is 55.5 Å². The lowest BCUT2D eigenvalue weighted by atomic mass is 10.4. The van der Waals surface area contributed by atoms with Crippen molar-refractivity contribution in [2.24, 2.45) is 5.73 Å². The van der Waals surface area contributed by atoms with Gasteiger partial charge in [-0.3, -0.25) is 0 Å². The van der Waals surface area contributed by atoms with Gasteiger partial charge >= 0.3 is 0 Å². The molecule has 1 heterocycles. The highest BCUT2D eigenvalue weighted by molar-refractivity contribution is 7.08. The van der Waals surface area contributed by atoms with Crippen molar-refractivity contribution >= 4 is 11.3 Å². The van der Waals surface area contributed by atoms with Crippen LogP contribution >= 0.6 is 11.3 Å². The molecule has 1 aromatic rings. The van der Waals surface area contributed by atoms with Crippen LogP contribution < -0.4 is 10.5 Å². The van der Waals surface area contributed by atoms with Crippen LogP contribution in [0.15, 0.2) is 10.8 Å². The van der Waals surface area contributed by atoms with Crippen LogP contribution in [0.5, 0.6) is 11.5 Å². The summed E-state index contributed by atoms with van der Waals surface area (Å²) in [5, 5.41) is 12.5. The molecule has 0 aromatic carbocycles. The van der Waals surface area contributed by atoms with Crippen molar-refractivity contribution in [3.05, 3.63) is 10.8 Å². The zero-order valence-electron chi connectivity index (χ0n) is 6.28. The van der Waals surface area contributed by atoms with Gasteiger partial charge in [-0.1, -0.05) is 0 Å². The predicted octanol–water partition coefficient (Wildman–Crippen LogP) is 1.18. The van der Waals surface area contributed by atoms with Crippen molar-refractivity contribution in [3.8, 4) is 11.5 Å². The van der Waals surface area contributed by atoms with Crippen LogP contribution in [0, 0.1) is 0 Å². The highest BCUT2D eigenvalue weighted by Crippen LogP contribution is 2.29. The second-order valence-electron chi connectivity index (χ2n) is 2.41. The summed E-state index contributed by atoms with van der Waals surface area (Å²) in [6, 6.07) is -0.00528. The van der Waals surface area contributed by atoms with E-state index >= 15 is 0 Å². The maximum atomic E-state index is 9.11. The van der Waals surface area contributed by atoms with E-state index in [1.165, 1.54) is 11.3 Å². The minimum absolute atomic E-state index is 0.00528. The van der Waals surface area contributed by atoms with E-state index in [9.17, 15) is 0 Å². The molecular formula is C7H11NO2S. The van der Waals surface area contributed by atoms with E-state index in [0.717, 1.165) is 0 Å². The summed E-state index contributed by atoms with van der Waals surface area (Å²) in [7, 11) is 0. The Hall–Kier alpha value is -0.740. The Morgan fingerprint density at radius 3 is 2.91 bits per heavy atom. The maximum Gasteiger partial charge on any atom is 0.171 e. The van der Waals surface area contributed by atoms with Gasteiger partial charge in [-0.15, -0.1) is 11.3 Å². The van der Waals surface area contributed by atoms with E-state index < -0.39 is 0 Å². The molecule has 0 spiro atoms. The number of aromatic hydroxyl groups is 1. The summed E-state index contributed by atoms with van der Waals surface area (Å²) >= 11 is 1.40. The third-order valence-corrected chi connectivity index (χ3v) is 1.82. The van der Waals surface area contributed by atoms with E-state index in [0.29, 0.717) is 12.4 Å². The van der Waals surface area contributed by atoms with Gasteiger partial charge in [-0.25, -0.2) is 0 Å². The minimum atomic E-state index is -0.00528. The highest BCUT2D eigenvalue weighted by Gasteiger charge is 2.03. The molecule has 0 saturated heterocycles. The van der Waals surface area contributed by atoms with Crippen LogP contribution in [-0.4, -0.2) is 17.8 Å². The molecule has 0 aliphatic carbocycles. The molecule has 1 atom stereocenters. The van der Waals surface area contributed by atoms with E-state index in [1.807, 2.05) is 6.92 Å². The van der Waals surface area contributed by atoms with Crippen molar-refractivity contribution in [1.29, 1.82) is 0 Å². The Labute approximate surface area is 69.4 Å². The number of hydrogen-bond acceptors (Lipinski definition) is 4. The minimum Gasteiger partial charge on any atom is -0.504 e. The van der Waals surface area contributed by atoms with E-state index in [4.69, 9.17) is 15.6 Å². The van der Waals surface area contributed by atoms with Gasteiger partial charge in [0.25, 0.3) is 0 Å². The first-order valence-corrected chi connectivity index (χ1v) is 4.28. The molecule has 1 aromatic heterocycles. The molecule has 1 unspecified atom stereocenters. The van der Waals surface area contributed by atoms with Crippen LogP contribution in [0.25, 0.3) is 0 Å². The van der Waals surface area contributed by atoms with Gasteiger partial charge < -0.3 is 15.6 Å². The lowest BCUT2D eigenvalue weighted by Crippen LogP contribution is -2.23. The van der Waals surface area contributed by atoms with Crippen molar-refractivity contribution < 1.29 is 9.84 Å². The van der Waals surface area contributed by atoms with Crippen molar-refractivity contribution in [2.45, 2.75) is 13.0 Å². The second kappa shape index (κ2) is 3.59. The Balaban J connectivity index is 2.44. The molecule has 0 amide bonds. The lowest BCUT2D eigenvalue weighted by Gasteiger charge is -2.06. The van der Waals surface area contributed by atoms with Crippen molar-refractivity contribution in [2.75, 3.05) is 6.61 Å². The SMILES string of the molecule is CC(N)COc1cscc1O. The number of hydrogen-bond donors (Lipinski definition) is 2. The van der Waals surface area contributed by atoms with Gasteiger partial charge in [-0.2, -0.15) is 0 Å². The molecule has 3 nitrogen and oxygen atoms in total. The molecule has 0 fully saturated rings. The maximum absolute atomic E-state index is 9.11. The summed E-state index contributed by atoms with van der Waals surface area (Å²) in [5.74, 6) is 0.711. The molecule has 0 saturated carbocycles. The molecule has 1 rings (SSSR count). The van der Waals surface area contributed by atoms with Gasteiger partial charge in [0.05, 0.1) is 0 Å². The van der Waals surface area contributed by atoms with Crippen LogP contribution in [0.2, 0.25) is 0 Å². The fraction of sp³-hybridized carbons (Fsp3) is 0.429. The van der Waals surface area contributed by atoms with Crippen LogP contribution in [0.4, 0.5) is 0 Å². The van der Waals surface area contributed by atoms with Crippen LogP contribution in [0.1, 0.15) is 6.92 Å². The van der Waals surface area contributed by atoms with Crippen molar-refractivity contribution in [1.82, 2.24) is 0 Å². The first-order chi connectivity index (χ1) is 5.20. The summed E-state index contributed by atoms with van der Waals surface area (Å²) in [4.78, 5) is 0.